The summed E-state index contributed by atoms with van der Waals surface area (Å²) in [5.41, 5.74) is 1.08. The van der Waals surface area contributed by atoms with E-state index in [-0.39, 0.29) is 17.8 Å². The number of halogens is 1. The summed E-state index contributed by atoms with van der Waals surface area (Å²) >= 11 is 0. The molecule has 0 amide bonds. The van der Waals surface area contributed by atoms with Crippen molar-refractivity contribution in [3.8, 4) is 0 Å². The first-order valence-electron chi connectivity index (χ1n) is 7.30. The molecule has 0 bridgehead atoms. The Balaban J connectivity index is 1.81. The molecule has 0 aliphatic carbocycles. The molecule has 1 unspecified atom stereocenters. The molecule has 3 nitrogen and oxygen atoms in total. The molecule has 112 valence electrons. The van der Waals surface area contributed by atoms with Crippen molar-refractivity contribution in [3.63, 3.8) is 0 Å². The molecule has 20 heavy (non-hydrogen) atoms. The monoisotopic (exact) mass is 281 g/mol. The highest BCUT2D eigenvalue weighted by atomic mass is 19.1. The Labute approximate surface area is 120 Å². The molecule has 4 heteroatoms. The first kappa shape index (κ1) is 15.4. The molecule has 1 aliphatic heterocycles. The Morgan fingerprint density at radius 3 is 2.55 bits per heavy atom. The standard InChI is InChI=1S/C16H24FNO2/c1-13(10-14-2-4-15(17)5-3-14)18-11-16(12-19)6-8-20-9-7-16/h2-5,13,18-19H,6-12H2,1H3. The summed E-state index contributed by atoms with van der Waals surface area (Å²) in [6.45, 7) is 4.58. The van der Waals surface area contributed by atoms with Gasteiger partial charge in [0, 0.05) is 31.2 Å². The van der Waals surface area contributed by atoms with Gasteiger partial charge < -0.3 is 15.2 Å². The van der Waals surface area contributed by atoms with E-state index in [0.29, 0.717) is 6.04 Å². The van der Waals surface area contributed by atoms with Gasteiger partial charge in [0.2, 0.25) is 0 Å². The molecule has 1 aromatic carbocycles. The van der Waals surface area contributed by atoms with Crippen LogP contribution < -0.4 is 5.32 Å². The van der Waals surface area contributed by atoms with Gasteiger partial charge in [-0.25, -0.2) is 4.39 Å². The molecule has 2 rings (SSSR count). The number of hydrogen-bond donors (Lipinski definition) is 2. The van der Waals surface area contributed by atoms with Crippen molar-refractivity contribution in [2.24, 2.45) is 5.41 Å². The normalized spacial score (nSPS) is 19.8. The molecule has 1 aliphatic rings. The Morgan fingerprint density at radius 2 is 1.95 bits per heavy atom. The minimum atomic E-state index is -0.198. The van der Waals surface area contributed by atoms with Crippen LogP contribution in [0.1, 0.15) is 25.3 Å². The van der Waals surface area contributed by atoms with E-state index in [0.717, 1.165) is 44.6 Å². The maximum absolute atomic E-state index is 12.9. The fraction of sp³-hybridized carbons (Fsp3) is 0.625. The van der Waals surface area contributed by atoms with Gasteiger partial charge in [-0.15, -0.1) is 0 Å². The van der Waals surface area contributed by atoms with Gasteiger partial charge in [0.1, 0.15) is 5.82 Å². The molecule has 1 aromatic rings. The smallest absolute Gasteiger partial charge is 0.123 e. The summed E-state index contributed by atoms with van der Waals surface area (Å²) < 4.78 is 18.2. The van der Waals surface area contributed by atoms with Crippen LogP contribution in [0.2, 0.25) is 0 Å². The molecule has 0 aromatic heterocycles. The van der Waals surface area contributed by atoms with Crippen molar-refractivity contribution in [1.82, 2.24) is 5.32 Å². The molecule has 0 spiro atoms. The minimum Gasteiger partial charge on any atom is -0.396 e. The summed E-state index contributed by atoms with van der Waals surface area (Å²) in [4.78, 5) is 0. The number of aliphatic hydroxyl groups is 1. The summed E-state index contributed by atoms with van der Waals surface area (Å²) in [5, 5.41) is 13.1. The lowest BCUT2D eigenvalue weighted by molar-refractivity contribution is -0.0162. The van der Waals surface area contributed by atoms with Gasteiger partial charge >= 0.3 is 0 Å². The summed E-state index contributed by atoms with van der Waals surface area (Å²) in [5.74, 6) is -0.198. The Hall–Kier alpha value is -0.970. The predicted molar refractivity (Wildman–Crippen MR) is 77.1 cm³/mol. The minimum absolute atomic E-state index is 0.0463. The van der Waals surface area contributed by atoms with E-state index in [1.165, 1.54) is 12.1 Å². The molecular weight excluding hydrogens is 257 g/mol. The maximum atomic E-state index is 12.9. The summed E-state index contributed by atoms with van der Waals surface area (Å²) in [6, 6.07) is 6.94. The Bertz CT molecular complexity index is 401. The maximum Gasteiger partial charge on any atom is 0.123 e. The fourth-order valence-corrected chi connectivity index (χ4v) is 2.63. The van der Waals surface area contributed by atoms with Crippen molar-refractivity contribution >= 4 is 0 Å². The zero-order chi connectivity index (χ0) is 14.4. The second kappa shape index (κ2) is 7.16. The molecule has 2 N–H and O–H groups in total. The van der Waals surface area contributed by atoms with Crippen LogP contribution in [0.25, 0.3) is 0 Å². The Kier molecular flexibility index (Phi) is 5.52. The molecule has 1 heterocycles. The van der Waals surface area contributed by atoms with Gasteiger partial charge in [-0.3, -0.25) is 0 Å². The van der Waals surface area contributed by atoms with Crippen molar-refractivity contribution in [2.75, 3.05) is 26.4 Å². The van der Waals surface area contributed by atoms with Crippen LogP contribution in [-0.2, 0) is 11.2 Å². The van der Waals surface area contributed by atoms with Crippen molar-refractivity contribution in [1.29, 1.82) is 0 Å². The molecule has 0 radical (unpaired) electrons. The average molecular weight is 281 g/mol. The second-order valence-electron chi connectivity index (χ2n) is 5.88. The van der Waals surface area contributed by atoms with Gasteiger partial charge in [0.25, 0.3) is 0 Å². The Morgan fingerprint density at radius 1 is 1.30 bits per heavy atom. The first-order chi connectivity index (χ1) is 9.63. The molecule has 0 saturated carbocycles. The highest BCUT2D eigenvalue weighted by molar-refractivity contribution is 5.17. The lowest BCUT2D eigenvalue weighted by Gasteiger charge is -2.36. The zero-order valence-corrected chi connectivity index (χ0v) is 12.1. The highest BCUT2D eigenvalue weighted by Gasteiger charge is 2.31. The molecule has 1 saturated heterocycles. The molecular formula is C16H24FNO2. The lowest BCUT2D eigenvalue weighted by atomic mass is 9.81. The third-order valence-corrected chi connectivity index (χ3v) is 4.17. The third kappa shape index (κ3) is 4.27. The van der Waals surface area contributed by atoms with E-state index in [2.05, 4.69) is 12.2 Å². The predicted octanol–water partition coefficient (Wildman–Crippen LogP) is 2.14. The van der Waals surface area contributed by atoms with E-state index in [1.807, 2.05) is 12.1 Å². The van der Waals surface area contributed by atoms with Gasteiger partial charge in [0.15, 0.2) is 0 Å². The second-order valence-corrected chi connectivity index (χ2v) is 5.88. The number of rotatable bonds is 6. The van der Waals surface area contributed by atoms with Crippen LogP contribution in [0.3, 0.4) is 0 Å². The molecule has 1 atom stereocenters. The van der Waals surface area contributed by atoms with Crippen LogP contribution in [0.5, 0.6) is 0 Å². The van der Waals surface area contributed by atoms with Crippen molar-refractivity contribution in [3.05, 3.63) is 35.6 Å². The van der Waals surface area contributed by atoms with E-state index in [9.17, 15) is 9.50 Å². The summed E-state index contributed by atoms with van der Waals surface area (Å²) in [7, 11) is 0. The van der Waals surface area contributed by atoms with Gasteiger partial charge in [-0.05, 0) is 43.9 Å². The number of benzene rings is 1. The SMILES string of the molecule is CC(Cc1ccc(F)cc1)NCC1(CO)CCOCC1. The van der Waals surface area contributed by atoms with Crippen LogP contribution in [0.15, 0.2) is 24.3 Å². The van der Waals surface area contributed by atoms with Gasteiger partial charge in [0.05, 0.1) is 6.61 Å². The zero-order valence-electron chi connectivity index (χ0n) is 12.1. The third-order valence-electron chi connectivity index (χ3n) is 4.17. The van der Waals surface area contributed by atoms with Crippen LogP contribution in [0.4, 0.5) is 4.39 Å². The van der Waals surface area contributed by atoms with E-state index in [1.54, 1.807) is 0 Å². The number of aliphatic hydroxyl groups excluding tert-OH is 1. The van der Waals surface area contributed by atoms with Crippen LogP contribution in [-0.4, -0.2) is 37.5 Å². The van der Waals surface area contributed by atoms with Crippen molar-refractivity contribution < 1.29 is 14.2 Å². The largest absolute Gasteiger partial charge is 0.396 e. The van der Waals surface area contributed by atoms with E-state index < -0.39 is 0 Å². The van der Waals surface area contributed by atoms with Gasteiger partial charge in [-0.2, -0.15) is 0 Å². The molecule has 1 fully saturated rings. The lowest BCUT2D eigenvalue weighted by Crippen LogP contribution is -2.44. The fourth-order valence-electron chi connectivity index (χ4n) is 2.63. The van der Waals surface area contributed by atoms with Crippen LogP contribution in [0, 0.1) is 11.2 Å². The highest BCUT2D eigenvalue weighted by Crippen LogP contribution is 2.29. The average Bonchev–Trinajstić information content (AvgIpc) is 2.49. The van der Waals surface area contributed by atoms with E-state index in [4.69, 9.17) is 4.74 Å². The van der Waals surface area contributed by atoms with Gasteiger partial charge in [-0.1, -0.05) is 12.1 Å². The quantitative estimate of drug-likeness (QED) is 0.839. The van der Waals surface area contributed by atoms with E-state index >= 15 is 0 Å². The number of nitrogens with one attached hydrogen (secondary N) is 1. The number of hydrogen-bond acceptors (Lipinski definition) is 3. The first-order valence-corrected chi connectivity index (χ1v) is 7.30. The topological polar surface area (TPSA) is 41.5 Å². The van der Waals surface area contributed by atoms with Crippen molar-refractivity contribution in [2.45, 2.75) is 32.2 Å². The number of ether oxygens (including phenoxy) is 1. The summed E-state index contributed by atoms with van der Waals surface area (Å²) in [6.07, 6.45) is 2.66. The van der Waals surface area contributed by atoms with Crippen LogP contribution >= 0.6 is 0 Å².